The average Bonchev–Trinajstić information content (AvgIpc) is 2.50. The molecule has 0 atom stereocenters. The second-order valence-electron chi connectivity index (χ2n) is 5.46. The number of hydrogen-bond acceptors (Lipinski definition) is 5. The molecule has 110 valence electrons. The van der Waals surface area contributed by atoms with Gasteiger partial charge in [-0.1, -0.05) is 0 Å². The zero-order valence-corrected chi connectivity index (χ0v) is 12.1. The van der Waals surface area contributed by atoms with Crippen molar-refractivity contribution in [2.24, 2.45) is 5.92 Å². The van der Waals surface area contributed by atoms with Crippen molar-refractivity contribution < 1.29 is 0 Å². The summed E-state index contributed by atoms with van der Waals surface area (Å²) < 4.78 is 1.70. The number of nitrogens with zero attached hydrogens (tertiary/aromatic N) is 5. The van der Waals surface area contributed by atoms with Gasteiger partial charge >= 0.3 is 0 Å². The number of aromatic nitrogens is 4. The Balaban J connectivity index is 1.61. The quantitative estimate of drug-likeness (QED) is 0.849. The molecule has 3 rings (SSSR count). The summed E-state index contributed by atoms with van der Waals surface area (Å²) in [6.45, 7) is 4.60. The first-order chi connectivity index (χ1) is 10.2. The van der Waals surface area contributed by atoms with Crippen LogP contribution < -0.4 is 10.5 Å². The van der Waals surface area contributed by atoms with Gasteiger partial charge in [0.05, 0.1) is 6.33 Å². The number of piperidine rings is 1. The Morgan fingerprint density at radius 3 is 2.76 bits per heavy atom. The molecule has 6 heteroatoms. The molecule has 0 N–H and O–H groups in total. The molecule has 2 aromatic heterocycles. The lowest BCUT2D eigenvalue weighted by Crippen LogP contribution is -2.36. The lowest BCUT2D eigenvalue weighted by atomic mass is 9.96. The van der Waals surface area contributed by atoms with Crippen LogP contribution in [-0.4, -0.2) is 32.6 Å². The van der Waals surface area contributed by atoms with Crippen LogP contribution in [-0.2, 0) is 6.54 Å². The molecule has 0 bridgehead atoms. The second-order valence-corrected chi connectivity index (χ2v) is 5.46. The third kappa shape index (κ3) is 3.26. The van der Waals surface area contributed by atoms with E-state index < -0.39 is 0 Å². The average molecular weight is 285 g/mol. The van der Waals surface area contributed by atoms with Crippen LogP contribution >= 0.6 is 0 Å². The van der Waals surface area contributed by atoms with Gasteiger partial charge in [-0.25, -0.2) is 15.0 Å². The molecule has 0 unspecified atom stereocenters. The van der Waals surface area contributed by atoms with Crippen molar-refractivity contribution in [1.82, 2.24) is 19.5 Å². The van der Waals surface area contributed by atoms with Crippen molar-refractivity contribution in [3.63, 3.8) is 0 Å². The smallest absolute Gasteiger partial charge is 0.253 e. The number of rotatable bonds is 3. The topological polar surface area (TPSA) is 63.9 Å². The molecular weight excluding hydrogens is 266 g/mol. The van der Waals surface area contributed by atoms with Crippen molar-refractivity contribution in [2.45, 2.75) is 26.3 Å². The SMILES string of the molecule is Cc1nccc(N2CCC(Cn3cnccc3=O)CC2)n1. The largest absolute Gasteiger partial charge is 0.356 e. The molecule has 1 aliphatic heterocycles. The van der Waals surface area contributed by atoms with E-state index in [1.54, 1.807) is 23.3 Å². The van der Waals surface area contributed by atoms with Gasteiger partial charge in [0.25, 0.3) is 5.56 Å². The molecule has 0 amide bonds. The van der Waals surface area contributed by atoms with Gasteiger partial charge in [-0.2, -0.15) is 0 Å². The van der Waals surface area contributed by atoms with E-state index >= 15 is 0 Å². The Bertz CT molecular complexity index is 661. The van der Waals surface area contributed by atoms with Crippen LogP contribution in [0.25, 0.3) is 0 Å². The molecule has 3 heterocycles. The lowest BCUT2D eigenvalue weighted by molar-refractivity contribution is 0.350. The minimum absolute atomic E-state index is 0.0267. The summed E-state index contributed by atoms with van der Waals surface area (Å²) in [6.07, 6.45) is 7.09. The molecule has 0 aromatic carbocycles. The highest BCUT2D eigenvalue weighted by Crippen LogP contribution is 2.22. The first-order valence-electron chi connectivity index (χ1n) is 7.27. The van der Waals surface area contributed by atoms with Gasteiger partial charge in [0.1, 0.15) is 11.6 Å². The third-order valence-corrected chi connectivity index (χ3v) is 3.95. The summed E-state index contributed by atoms with van der Waals surface area (Å²) in [7, 11) is 0. The maximum atomic E-state index is 11.7. The maximum Gasteiger partial charge on any atom is 0.253 e. The van der Waals surface area contributed by atoms with Gasteiger partial charge in [-0.05, 0) is 31.7 Å². The fourth-order valence-corrected chi connectivity index (χ4v) is 2.76. The van der Waals surface area contributed by atoms with Gasteiger partial charge < -0.3 is 4.90 Å². The van der Waals surface area contributed by atoms with Crippen LogP contribution in [0.5, 0.6) is 0 Å². The first-order valence-corrected chi connectivity index (χ1v) is 7.27. The summed E-state index contributed by atoms with van der Waals surface area (Å²) in [5.74, 6) is 2.32. The summed E-state index contributed by atoms with van der Waals surface area (Å²) >= 11 is 0. The van der Waals surface area contributed by atoms with Crippen molar-refractivity contribution in [3.05, 3.63) is 47.0 Å². The van der Waals surface area contributed by atoms with Gasteiger partial charge in [-0.15, -0.1) is 0 Å². The van der Waals surface area contributed by atoms with Gasteiger partial charge in [-0.3, -0.25) is 9.36 Å². The second kappa shape index (κ2) is 6.03. The van der Waals surface area contributed by atoms with Crippen LogP contribution in [0.15, 0.2) is 35.6 Å². The minimum Gasteiger partial charge on any atom is -0.356 e. The van der Waals surface area contributed by atoms with E-state index in [-0.39, 0.29) is 5.56 Å². The predicted molar refractivity (Wildman–Crippen MR) is 80.2 cm³/mol. The van der Waals surface area contributed by atoms with Gasteiger partial charge in [0.15, 0.2) is 0 Å². The van der Waals surface area contributed by atoms with Gasteiger partial charge in [0, 0.05) is 38.1 Å². The van der Waals surface area contributed by atoms with Crippen molar-refractivity contribution in [2.75, 3.05) is 18.0 Å². The molecule has 0 saturated carbocycles. The Hall–Kier alpha value is -2.24. The number of hydrogen-bond donors (Lipinski definition) is 0. The summed E-state index contributed by atoms with van der Waals surface area (Å²) in [5, 5.41) is 0. The van der Waals surface area contributed by atoms with Crippen LogP contribution in [0.4, 0.5) is 5.82 Å². The van der Waals surface area contributed by atoms with E-state index in [1.807, 2.05) is 13.0 Å². The monoisotopic (exact) mass is 285 g/mol. The summed E-state index contributed by atoms with van der Waals surface area (Å²) in [6, 6.07) is 3.47. The van der Waals surface area contributed by atoms with Crippen LogP contribution in [0.1, 0.15) is 18.7 Å². The predicted octanol–water partition coefficient (Wildman–Crippen LogP) is 1.26. The Labute approximate surface area is 123 Å². The van der Waals surface area contributed by atoms with Crippen molar-refractivity contribution in [1.29, 1.82) is 0 Å². The van der Waals surface area contributed by atoms with E-state index in [2.05, 4.69) is 19.9 Å². The molecule has 6 nitrogen and oxygen atoms in total. The van der Waals surface area contributed by atoms with Crippen molar-refractivity contribution in [3.8, 4) is 0 Å². The van der Waals surface area contributed by atoms with E-state index in [0.717, 1.165) is 44.1 Å². The highest BCUT2D eigenvalue weighted by atomic mass is 16.1. The van der Waals surface area contributed by atoms with Crippen LogP contribution in [0.3, 0.4) is 0 Å². The number of aryl methyl sites for hydroxylation is 1. The maximum absolute atomic E-state index is 11.7. The van der Waals surface area contributed by atoms with Crippen molar-refractivity contribution >= 4 is 5.82 Å². The molecular formula is C15H19N5O. The Kier molecular flexibility index (Phi) is 3.94. The highest BCUT2D eigenvalue weighted by molar-refractivity contribution is 5.37. The molecule has 1 fully saturated rings. The minimum atomic E-state index is 0.0267. The van der Waals surface area contributed by atoms with Crippen LogP contribution in [0.2, 0.25) is 0 Å². The zero-order chi connectivity index (χ0) is 14.7. The zero-order valence-electron chi connectivity index (χ0n) is 12.1. The number of anilines is 1. The molecule has 2 aromatic rings. The molecule has 1 aliphatic rings. The van der Waals surface area contributed by atoms with E-state index in [9.17, 15) is 4.79 Å². The highest BCUT2D eigenvalue weighted by Gasteiger charge is 2.20. The van der Waals surface area contributed by atoms with Crippen LogP contribution in [0, 0.1) is 12.8 Å². The Morgan fingerprint density at radius 1 is 1.24 bits per heavy atom. The summed E-state index contributed by atoms with van der Waals surface area (Å²) in [5.41, 5.74) is 0.0267. The molecule has 0 aliphatic carbocycles. The summed E-state index contributed by atoms with van der Waals surface area (Å²) in [4.78, 5) is 26.6. The van der Waals surface area contributed by atoms with E-state index in [4.69, 9.17) is 0 Å². The fourth-order valence-electron chi connectivity index (χ4n) is 2.76. The first kappa shape index (κ1) is 13.7. The van der Waals surface area contributed by atoms with Gasteiger partial charge in [0.2, 0.25) is 0 Å². The molecule has 1 saturated heterocycles. The molecule has 0 spiro atoms. The third-order valence-electron chi connectivity index (χ3n) is 3.95. The Morgan fingerprint density at radius 2 is 2.05 bits per heavy atom. The van der Waals surface area contributed by atoms with E-state index in [1.165, 1.54) is 6.07 Å². The van der Waals surface area contributed by atoms with E-state index in [0.29, 0.717) is 5.92 Å². The standard InChI is InChI=1S/C15H19N5O/c1-12-17-7-2-14(18-12)19-8-4-13(5-9-19)10-20-11-16-6-3-15(20)21/h2-3,6-7,11,13H,4-5,8-10H2,1H3. The fraction of sp³-hybridized carbons (Fsp3) is 0.467. The molecule has 0 radical (unpaired) electrons. The molecule has 21 heavy (non-hydrogen) atoms. The lowest BCUT2D eigenvalue weighted by Gasteiger charge is -2.33. The normalized spacial score (nSPS) is 16.1.